The Morgan fingerprint density at radius 1 is 1.29 bits per heavy atom. The molecule has 2 rings (SSSR count). The Balaban J connectivity index is 1.88. The molecule has 0 saturated carbocycles. The number of carbonyl (C=O) groups excluding carboxylic acids is 1. The Labute approximate surface area is 131 Å². The van der Waals surface area contributed by atoms with Gasteiger partial charge in [-0.3, -0.25) is 4.79 Å². The predicted molar refractivity (Wildman–Crippen MR) is 90.9 cm³/mol. The van der Waals surface area contributed by atoms with Crippen LogP contribution in [0.25, 0.3) is 0 Å². The lowest BCUT2D eigenvalue weighted by Crippen LogP contribution is -2.53. The lowest BCUT2D eigenvalue weighted by Gasteiger charge is -2.37. The summed E-state index contributed by atoms with van der Waals surface area (Å²) in [5, 5.41) is 0. The number of carbonyl (C=O) groups is 1. The van der Waals surface area contributed by atoms with Crippen LogP contribution in [0.1, 0.15) is 12.0 Å². The van der Waals surface area contributed by atoms with Gasteiger partial charge < -0.3 is 15.5 Å². The number of rotatable bonds is 5. The summed E-state index contributed by atoms with van der Waals surface area (Å²) in [4.78, 5) is 16.6. The first-order valence-electron chi connectivity index (χ1n) is 7.47. The van der Waals surface area contributed by atoms with Crippen LogP contribution in [0.5, 0.6) is 0 Å². The number of hydrogen-bond donors (Lipinski definition) is 1. The van der Waals surface area contributed by atoms with E-state index in [9.17, 15) is 4.79 Å². The molecule has 1 heterocycles. The maximum atomic E-state index is 12.3. The molecule has 1 saturated heterocycles. The Morgan fingerprint density at radius 3 is 2.57 bits per heavy atom. The summed E-state index contributed by atoms with van der Waals surface area (Å²) in [6.07, 6.45) is 2.80. The minimum Gasteiger partial charge on any atom is -0.368 e. The van der Waals surface area contributed by atoms with Crippen molar-refractivity contribution in [2.75, 3.05) is 43.1 Å². The lowest BCUT2D eigenvalue weighted by atomic mass is 10.1. The molecule has 1 aromatic rings. The third kappa shape index (κ3) is 4.14. The van der Waals surface area contributed by atoms with E-state index in [1.807, 2.05) is 11.2 Å². The van der Waals surface area contributed by atoms with Crippen LogP contribution >= 0.6 is 11.8 Å². The van der Waals surface area contributed by atoms with Crippen LogP contribution in [0.4, 0.5) is 5.69 Å². The third-order valence-electron chi connectivity index (χ3n) is 4.00. The van der Waals surface area contributed by atoms with Crippen LogP contribution < -0.4 is 10.6 Å². The average molecular weight is 307 g/mol. The number of thioether (sulfide) groups is 1. The van der Waals surface area contributed by atoms with Gasteiger partial charge in [0.25, 0.3) is 0 Å². The Kier molecular flexibility index (Phi) is 5.94. The van der Waals surface area contributed by atoms with Crippen molar-refractivity contribution in [2.45, 2.75) is 19.4 Å². The number of nitrogens with two attached hydrogens (primary N) is 1. The van der Waals surface area contributed by atoms with Crippen molar-refractivity contribution in [1.82, 2.24) is 4.90 Å². The van der Waals surface area contributed by atoms with Crippen LogP contribution in [-0.4, -0.2) is 55.0 Å². The molecule has 1 aromatic carbocycles. The number of piperazine rings is 1. The molecule has 1 atom stereocenters. The van der Waals surface area contributed by atoms with Gasteiger partial charge in [-0.2, -0.15) is 11.8 Å². The molecule has 1 amide bonds. The van der Waals surface area contributed by atoms with E-state index in [4.69, 9.17) is 5.73 Å². The van der Waals surface area contributed by atoms with Gasteiger partial charge in [0.05, 0.1) is 6.04 Å². The average Bonchev–Trinajstić information content (AvgIpc) is 2.52. The number of anilines is 1. The van der Waals surface area contributed by atoms with Gasteiger partial charge >= 0.3 is 0 Å². The van der Waals surface area contributed by atoms with Gasteiger partial charge in [0.2, 0.25) is 5.91 Å². The van der Waals surface area contributed by atoms with Crippen molar-refractivity contribution in [3.8, 4) is 0 Å². The molecular weight excluding hydrogens is 282 g/mol. The number of hydrogen-bond acceptors (Lipinski definition) is 4. The fraction of sp³-hybridized carbons (Fsp3) is 0.562. The first-order valence-corrected chi connectivity index (χ1v) is 8.86. The number of para-hydroxylation sites is 1. The van der Waals surface area contributed by atoms with E-state index in [2.05, 4.69) is 36.1 Å². The van der Waals surface area contributed by atoms with Gasteiger partial charge in [-0.25, -0.2) is 0 Å². The fourth-order valence-corrected chi connectivity index (χ4v) is 3.18. The minimum atomic E-state index is -0.345. The maximum absolute atomic E-state index is 12.3. The molecule has 5 heteroatoms. The zero-order valence-corrected chi connectivity index (χ0v) is 13.7. The highest BCUT2D eigenvalue weighted by Crippen LogP contribution is 2.21. The molecule has 1 fully saturated rings. The topological polar surface area (TPSA) is 49.6 Å². The molecule has 2 N–H and O–H groups in total. The van der Waals surface area contributed by atoms with E-state index in [0.717, 1.165) is 38.4 Å². The highest BCUT2D eigenvalue weighted by molar-refractivity contribution is 7.98. The fourth-order valence-electron chi connectivity index (χ4n) is 2.69. The molecule has 0 bridgehead atoms. The van der Waals surface area contributed by atoms with Gasteiger partial charge in [0, 0.05) is 31.9 Å². The monoisotopic (exact) mass is 307 g/mol. The molecule has 0 unspecified atom stereocenters. The minimum absolute atomic E-state index is 0.105. The number of benzene rings is 1. The van der Waals surface area contributed by atoms with Gasteiger partial charge in [0.1, 0.15) is 0 Å². The molecule has 116 valence electrons. The summed E-state index contributed by atoms with van der Waals surface area (Å²) in [7, 11) is 0. The summed E-state index contributed by atoms with van der Waals surface area (Å²) in [5.41, 5.74) is 8.55. The molecule has 4 nitrogen and oxygen atoms in total. The Bertz CT molecular complexity index is 472. The second kappa shape index (κ2) is 7.71. The van der Waals surface area contributed by atoms with Crippen molar-refractivity contribution in [1.29, 1.82) is 0 Å². The Morgan fingerprint density at radius 2 is 1.95 bits per heavy atom. The van der Waals surface area contributed by atoms with Gasteiger partial charge in [-0.05, 0) is 37.0 Å². The predicted octanol–water partition coefficient (Wildman–Crippen LogP) is 1.72. The summed E-state index contributed by atoms with van der Waals surface area (Å²) in [6.45, 7) is 5.42. The first-order chi connectivity index (χ1) is 10.1. The van der Waals surface area contributed by atoms with Crippen LogP contribution in [0.15, 0.2) is 24.3 Å². The van der Waals surface area contributed by atoms with Crippen LogP contribution in [0, 0.1) is 6.92 Å². The zero-order valence-electron chi connectivity index (χ0n) is 12.9. The van der Waals surface area contributed by atoms with Crippen LogP contribution in [-0.2, 0) is 4.79 Å². The highest BCUT2D eigenvalue weighted by Gasteiger charge is 2.25. The van der Waals surface area contributed by atoms with E-state index in [0.29, 0.717) is 0 Å². The van der Waals surface area contributed by atoms with Crippen molar-refractivity contribution in [3.63, 3.8) is 0 Å². The smallest absolute Gasteiger partial charge is 0.239 e. The molecule has 0 radical (unpaired) electrons. The van der Waals surface area contributed by atoms with Crippen molar-refractivity contribution >= 4 is 23.4 Å². The lowest BCUT2D eigenvalue weighted by molar-refractivity contribution is -0.132. The van der Waals surface area contributed by atoms with E-state index < -0.39 is 0 Å². The number of nitrogens with zero attached hydrogens (tertiary/aromatic N) is 2. The summed E-state index contributed by atoms with van der Waals surface area (Å²) in [6, 6.07) is 8.06. The number of aryl methyl sites for hydroxylation is 1. The highest BCUT2D eigenvalue weighted by atomic mass is 32.2. The SMILES string of the molecule is CSCC[C@@H](N)C(=O)N1CCN(c2ccccc2C)CC1. The molecule has 0 aromatic heterocycles. The Hall–Kier alpha value is -1.20. The molecule has 1 aliphatic rings. The van der Waals surface area contributed by atoms with Crippen LogP contribution in [0.3, 0.4) is 0 Å². The van der Waals surface area contributed by atoms with Crippen molar-refractivity contribution in [2.24, 2.45) is 5.73 Å². The summed E-state index contributed by atoms with van der Waals surface area (Å²) >= 11 is 1.73. The van der Waals surface area contributed by atoms with Gasteiger partial charge in [-0.15, -0.1) is 0 Å². The summed E-state index contributed by atoms with van der Waals surface area (Å²) in [5.74, 6) is 1.05. The molecule has 0 spiro atoms. The standard InChI is InChI=1S/C16H25N3OS/c1-13-5-3-4-6-15(13)18-8-10-19(11-9-18)16(20)14(17)7-12-21-2/h3-6,14H,7-12,17H2,1-2H3/t14-/m1/s1. The number of amides is 1. The molecular formula is C16H25N3OS. The second-order valence-electron chi connectivity index (χ2n) is 5.49. The largest absolute Gasteiger partial charge is 0.368 e. The van der Waals surface area contributed by atoms with Gasteiger partial charge in [0.15, 0.2) is 0 Å². The van der Waals surface area contributed by atoms with Gasteiger partial charge in [-0.1, -0.05) is 18.2 Å². The molecule has 21 heavy (non-hydrogen) atoms. The normalized spacial score (nSPS) is 16.9. The van der Waals surface area contributed by atoms with E-state index in [1.54, 1.807) is 11.8 Å². The van der Waals surface area contributed by atoms with Crippen molar-refractivity contribution in [3.05, 3.63) is 29.8 Å². The quantitative estimate of drug-likeness (QED) is 0.900. The maximum Gasteiger partial charge on any atom is 0.239 e. The molecule has 0 aliphatic carbocycles. The van der Waals surface area contributed by atoms with E-state index in [-0.39, 0.29) is 11.9 Å². The first kappa shape index (κ1) is 16.2. The van der Waals surface area contributed by atoms with Crippen molar-refractivity contribution < 1.29 is 4.79 Å². The molecule has 1 aliphatic heterocycles. The van der Waals surface area contributed by atoms with Crippen LogP contribution in [0.2, 0.25) is 0 Å². The zero-order chi connectivity index (χ0) is 15.2. The summed E-state index contributed by atoms with van der Waals surface area (Å²) < 4.78 is 0. The second-order valence-corrected chi connectivity index (χ2v) is 6.47. The van der Waals surface area contributed by atoms with E-state index >= 15 is 0 Å². The van der Waals surface area contributed by atoms with E-state index in [1.165, 1.54) is 11.3 Å². The third-order valence-corrected chi connectivity index (χ3v) is 4.64.